The minimum Gasteiger partial charge on any atom is -0.393 e. The van der Waals surface area contributed by atoms with E-state index in [2.05, 4.69) is 13.8 Å². The summed E-state index contributed by atoms with van der Waals surface area (Å²) >= 11 is 0. The monoisotopic (exact) mass is 172 g/mol. The predicted octanol–water partition coefficient (Wildman–Crippen LogP) is 3.36. The van der Waals surface area contributed by atoms with Crippen LogP contribution in [0.1, 0.15) is 59.3 Å². The highest BCUT2D eigenvalue weighted by Crippen LogP contribution is 2.19. The van der Waals surface area contributed by atoms with Gasteiger partial charge in [-0.1, -0.05) is 39.5 Å². The Hall–Kier alpha value is -0.0400. The third-order valence-electron chi connectivity index (χ3n) is 2.52. The molecule has 1 heteroatoms. The van der Waals surface area contributed by atoms with E-state index in [4.69, 9.17) is 0 Å². The van der Waals surface area contributed by atoms with Gasteiger partial charge in [0.2, 0.25) is 0 Å². The van der Waals surface area contributed by atoms with Gasteiger partial charge >= 0.3 is 0 Å². The van der Waals surface area contributed by atoms with Gasteiger partial charge in [0.15, 0.2) is 0 Å². The lowest BCUT2D eigenvalue weighted by molar-refractivity contribution is 0.112. The van der Waals surface area contributed by atoms with Gasteiger partial charge in [0.25, 0.3) is 0 Å². The van der Waals surface area contributed by atoms with Crippen molar-refractivity contribution in [1.82, 2.24) is 0 Å². The molecule has 0 amide bonds. The highest BCUT2D eigenvalue weighted by Gasteiger charge is 2.12. The summed E-state index contributed by atoms with van der Waals surface area (Å²) in [7, 11) is 0. The second-order valence-electron chi connectivity index (χ2n) is 3.79. The smallest absolute Gasteiger partial charge is 0.0540 e. The van der Waals surface area contributed by atoms with Crippen LogP contribution in [0.5, 0.6) is 0 Å². The minimum absolute atomic E-state index is 0.109. The molecule has 2 atom stereocenters. The maximum absolute atomic E-state index is 9.44. The minimum atomic E-state index is -0.109. The third-order valence-corrected chi connectivity index (χ3v) is 2.52. The van der Waals surface area contributed by atoms with E-state index in [-0.39, 0.29) is 6.10 Å². The van der Waals surface area contributed by atoms with Crippen molar-refractivity contribution >= 4 is 0 Å². The summed E-state index contributed by atoms with van der Waals surface area (Å²) in [6, 6.07) is 0. The van der Waals surface area contributed by atoms with Crippen molar-refractivity contribution in [3.8, 4) is 0 Å². The van der Waals surface area contributed by atoms with E-state index in [1.807, 2.05) is 6.92 Å². The molecule has 1 nitrogen and oxygen atoms in total. The average molecular weight is 172 g/mol. The molecule has 74 valence electrons. The van der Waals surface area contributed by atoms with Crippen molar-refractivity contribution in [3.63, 3.8) is 0 Å². The molecule has 0 fully saturated rings. The average Bonchev–Trinajstić information content (AvgIpc) is 2.03. The summed E-state index contributed by atoms with van der Waals surface area (Å²) in [6.45, 7) is 6.33. The molecule has 0 aliphatic rings. The van der Waals surface area contributed by atoms with Gasteiger partial charge < -0.3 is 5.11 Å². The van der Waals surface area contributed by atoms with Crippen molar-refractivity contribution in [2.24, 2.45) is 5.92 Å². The van der Waals surface area contributed by atoms with Gasteiger partial charge in [-0.25, -0.2) is 0 Å². The van der Waals surface area contributed by atoms with E-state index in [1.165, 1.54) is 38.5 Å². The van der Waals surface area contributed by atoms with Crippen LogP contribution in [0.15, 0.2) is 0 Å². The summed E-state index contributed by atoms with van der Waals surface area (Å²) < 4.78 is 0. The Morgan fingerprint density at radius 3 is 2.08 bits per heavy atom. The van der Waals surface area contributed by atoms with Crippen LogP contribution >= 0.6 is 0 Å². The van der Waals surface area contributed by atoms with Crippen molar-refractivity contribution in [2.45, 2.75) is 65.4 Å². The fourth-order valence-corrected chi connectivity index (χ4v) is 1.65. The highest BCUT2D eigenvalue weighted by molar-refractivity contribution is 4.64. The van der Waals surface area contributed by atoms with E-state index in [0.29, 0.717) is 5.92 Å². The van der Waals surface area contributed by atoms with Gasteiger partial charge in [-0.3, -0.25) is 0 Å². The van der Waals surface area contributed by atoms with Crippen LogP contribution in [0.2, 0.25) is 0 Å². The van der Waals surface area contributed by atoms with Crippen molar-refractivity contribution < 1.29 is 5.11 Å². The first-order chi connectivity index (χ1) is 5.72. The molecule has 0 bridgehead atoms. The molecule has 12 heavy (non-hydrogen) atoms. The zero-order valence-electron chi connectivity index (χ0n) is 8.84. The number of aliphatic hydroxyl groups is 1. The molecule has 0 aromatic carbocycles. The van der Waals surface area contributed by atoms with Crippen LogP contribution in [0, 0.1) is 5.92 Å². The normalized spacial score (nSPS) is 16.0. The molecule has 0 rings (SSSR count). The highest BCUT2D eigenvalue weighted by atomic mass is 16.3. The summed E-state index contributed by atoms with van der Waals surface area (Å²) in [6.07, 6.45) is 7.35. The molecule has 0 radical (unpaired) electrons. The molecule has 0 aromatic heterocycles. The van der Waals surface area contributed by atoms with Crippen molar-refractivity contribution in [2.75, 3.05) is 0 Å². The number of rotatable bonds is 7. The summed E-state index contributed by atoms with van der Waals surface area (Å²) in [4.78, 5) is 0. The topological polar surface area (TPSA) is 20.2 Å². The van der Waals surface area contributed by atoms with E-state index < -0.39 is 0 Å². The van der Waals surface area contributed by atoms with Gasteiger partial charge in [-0.2, -0.15) is 0 Å². The summed E-state index contributed by atoms with van der Waals surface area (Å²) in [5, 5.41) is 9.44. The van der Waals surface area contributed by atoms with E-state index in [9.17, 15) is 5.11 Å². The van der Waals surface area contributed by atoms with Crippen LogP contribution < -0.4 is 0 Å². The molecule has 0 spiro atoms. The van der Waals surface area contributed by atoms with Crippen molar-refractivity contribution in [1.29, 1.82) is 0 Å². The molecule has 2 unspecified atom stereocenters. The van der Waals surface area contributed by atoms with Gasteiger partial charge in [0.05, 0.1) is 6.10 Å². The SMILES string of the molecule is CCCCCC(CCC)C(C)O. The first-order valence-electron chi connectivity index (χ1n) is 5.40. The fraction of sp³-hybridized carbons (Fsp3) is 1.00. The Labute approximate surface area is 77.2 Å². The Kier molecular flexibility index (Phi) is 7.58. The Morgan fingerprint density at radius 1 is 1.00 bits per heavy atom. The zero-order chi connectivity index (χ0) is 9.40. The largest absolute Gasteiger partial charge is 0.393 e. The molecule has 0 aliphatic carbocycles. The molecule has 0 aliphatic heterocycles. The maximum Gasteiger partial charge on any atom is 0.0540 e. The van der Waals surface area contributed by atoms with Gasteiger partial charge in [0, 0.05) is 0 Å². The molecule has 0 saturated carbocycles. The maximum atomic E-state index is 9.44. The van der Waals surface area contributed by atoms with Gasteiger partial charge in [0.1, 0.15) is 0 Å². The first-order valence-corrected chi connectivity index (χ1v) is 5.40. The van der Waals surface area contributed by atoms with Gasteiger partial charge in [-0.15, -0.1) is 0 Å². The Morgan fingerprint density at radius 2 is 1.67 bits per heavy atom. The Balaban J connectivity index is 3.49. The zero-order valence-corrected chi connectivity index (χ0v) is 8.84. The number of aliphatic hydroxyl groups excluding tert-OH is 1. The molecule has 0 aromatic rings. The van der Waals surface area contributed by atoms with Crippen LogP contribution in [0.3, 0.4) is 0 Å². The molecular weight excluding hydrogens is 148 g/mol. The standard InChI is InChI=1S/C11H24O/c1-4-6-7-9-11(8-5-2)10(3)12/h10-12H,4-9H2,1-3H3. The number of unbranched alkanes of at least 4 members (excludes halogenated alkanes) is 2. The second kappa shape index (κ2) is 7.60. The van der Waals surface area contributed by atoms with Crippen LogP contribution in [-0.2, 0) is 0 Å². The van der Waals surface area contributed by atoms with E-state index in [0.717, 1.165) is 0 Å². The van der Waals surface area contributed by atoms with Crippen LogP contribution in [0.25, 0.3) is 0 Å². The summed E-state index contributed by atoms with van der Waals surface area (Å²) in [5.74, 6) is 0.543. The van der Waals surface area contributed by atoms with E-state index >= 15 is 0 Å². The first kappa shape index (κ1) is 12.0. The second-order valence-corrected chi connectivity index (χ2v) is 3.79. The Bertz CT molecular complexity index is 89.0. The predicted molar refractivity (Wildman–Crippen MR) is 54.2 cm³/mol. The lowest BCUT2D eigenvalue weighted by Gasteiger charge is -2.18. The molecule has 1 N–H and O–H groups in total. The fourth-order valence-electron chi connectivity index (χ4n) is 1.65. The molecule has 0 saturated heterocycles. The van der Waals surface area contributed by atoms with Crippen LogP contribution in [0.4, 0.5) is 0 Å². The lowest BCUT2D eigenvalue weighted by Crippen LogP contribution is -2.16. The molecule has 0 heterocycles. The summed E-state index contributed by atoms with van der Waals surface area (Å²) in [5.41, 5.74) is 0. The third kappa shape index (κ3) is 5.59. The van der Waals surface area contributed by atoms with Gasteiger partial charge in [-0.05, 0) is 25.7 Å². The quantitative estimate of drug-likeness (QED) is 0.584. The molecular formula is C11H24O. The lowest BCUT2D eigenvalue weighted by atomic mass is 9.92. The number of hydrogen-bond donors (Lipinski definition) is 1. The number of hydrogen-bond acceptors (Lipinski definition) is 1. The van der Waals surface area contributed by atoms with Crippen LogP contribution in [-0.4, -0.2) is 11.2 Å². The van der Waals surface area contributed by atoms with E-state index in [1.54, 1.807) is 0 Å². The van der Waals surface area contributed by atoms with Crippen molar-refractivity contribution in [3.05, 3.63) is 0 Å².